The van der Waals surface area contributed by atoms with Gasteiger partial charge in [0.05, 0.1) is 10.7 Å². The predicted molar refractivity (Wildman–Crippen MR) is 94.6 cm³/mol. The van der Waals surface area contributed by atoms with Crippen LogP contribution in [0.3, 0.4) is 0 Å². The van der Waals surface area contributed by atoms with Crippen molar-refractivity contribution in [2.75, 3.05) is 6.54 Å². The monoisotopic (exact) mass is 322 g/mol. The molecule has 0 aliphatic carbocycles. The molecule has 2 aromatic heterocycles. The Morgan fingerprint density at radius 3 is 2.62 bits per heavy atom. The maximum atomic E-state index is 4.84. The molecule has 0 aliphatic heterocycles. The predicted octanol–water partition coefficient (Wildman–Crippen LogP) is 4.66. The van der Waals surface area contributed by atoms with E-state index in [-0.39, 0.29) is 5.41 Å². The van der Waals surface area contributed by atoms with Crippen LogP contribution < -0.4 is 5.32 Å². The fraction of sp³-hybridized carbons (Fsp3) is 0.588. The second kappa shape index (κ2) is 7.52. The Morgan fingerprint density at radius 1 is 1.24 bits per heavy atom. The fourth-order valence-electron chi connectivity index (χ4n) is 2.20. The number of hydrogen-bond acceptors (Lipinski definition) is 4. The third-order valence-corrected chi connectivity index (χ3v) is 5.22. The van der Waals surface area contributed by atoms with Crippen molar-refractivity contribution in [2.45, 2.75) is 58.4 Å². The van der Waals surface area contributed by atoms with Crippen molar-refractivity contribution in [3.05, 3.63) is 38.5 Å². The van der Waals surface area contributed by atoms with Gasteiger partial charge in [0.25, 0.3) is 0 Å². The Kier molecular flexibility index (Phi) is 5.97. The number of thiazole rings is 1. The van der Waals surface area contributed by atoms with E-state index < -0.39 is 0 Å². The average Bonchev–Trinajstić information content (AvgIpc) is 3.06. The van der Waals surface area contributed by atoms with Crippen LogP contribution in [0.2, 0.25) is 0 Å². The zero-order valence-corrected chi connectivity index (χ0v) is 15.1. The molecule has 0 saturated carbocycles. The summed E-state index contributed by atoms with van der Waals surface area (Å²) in [6.45, 7) is 9.97. The summed E-state index contributed by atoms with van der Waals surface area (Å²) in [5.74, 6) is 0. The van der Waals surface area contributed by atoms with Gasteiger partial charge in [0.1, 0.15) is 0 Å². The highest BCUT2D eigenvalue weighted by Crippen LogP contribution is 2.25. The van der Waals surface area contributed by atoms with Gasteiger partial charge in [-0.2, -0.15) is 0 Å². The van der Waals surface area contributed by atoms with Crippen LogP contribution in [-0.4, -0.2) is 17.6 Å². The van der Waals surface area contributed by atoms with Gasteiger partial charge < -0.3 is 5.32 Å². The topological polar surface area (TPSA) is 24.9 Å². The molecule has 4 heteroatoms. The van der Waals surface area contributed by atoms with E-state index in [1.54, 1.807) is 11.3 Å². The molecule has 0 amide bonds. The van der Waals surface area contributed by atoms with E-state index in [0.29, 0.717) is 6.04 Å². The average molecular weight is 323 g/mol. The minimum atomic E-state index is 0.148. The summed E-state index contributed by atoms with van der Waals surface area (Å²) in [6, 6.07) is 4.86. The van der Waals surface area contributed by atoms with Crippen molar-refractivity contribution >= 4 is 22.7 Å². The van der Waals surface area contributed by atoms with E-state index in [0.717, 1.165) is 19.4 Å². The Bertz CT molecular complexity index is 523. The molecule has 0 bridgehead atoms. The van der Waals surface area contributed by atoms with Crippen LogP contribution in [0.5, 0.6) is 0 Å². The molecule has 0 spiro atoms. The molecule has 21 heavy (non-hydrogen) atoms. The lowest BCUT2D eigenvalue weighted by molar-refractivity contribution is 0.503. The first-order chi connectivity index (χ1) is 9.99. The highest BCUT2D eigenvalue weighted by Gasteiger charge is 2.19. The molecule has 0 aliphatic rings. The zero-order valence-electron chi connectivity index (χ0n) is 13.5. The molecule has 0 aromatic carbocycles. The van der Waals surface area contributed by atoms with Crippen LogP contribution in [0.15, 0.2) is 22.9 Å². The fourth-order valence-corrected chi connectivity index (χ4v) is 4.09. The summed E-state index contributed by atoms with van der Waals surface area (Å²) in [6.07, 6.45) is 3.30. The maximum Gasteiger partial charge on any atom is 0.0944 e. The van der Waals surface area contributed by atoms with Crippen molar-refractivity contribution in [3.8, 4) is 0 Å². The van der Waals surface area contributed by atoms with E-state index in [9.17, 15) is 0 Å². The third-order valence-electron chi connectivity index (χ3n) is 3.45. The van der Waals surface area contributed by atoms with Crippen LogP contribution in [0.1, 0.15) is 49.7 Å². The van der Waals surface area contributed by atoms with Gasteiger partial charge in [-0.3, -0.25) is 0 Å². The minimum Gasteiger partial charge on any atom is -0.313 e. The van der Waals surface area contributed by atoms with Gasteiger partial charge in [-0.15, -0.1) is 22.7 Å². The smallest absolute Gasteiger partial charge is 0.0944 e. The number of hydrogen-bond donors (Lipinski definition) is 1. The van der Waals surface area contributed by atoms with Gasteiger partial charge >= 0.3 is 0 Å². The van der Waals surface area contributed by atoms with Crippen molar-refractivity contribution < 1.29 is 0 Å². The second-order valence-corrected chi connectivity index (χ2v) is 8.49. The summed E-state index contributed by atoms with van der Waals surface area (Å²) < 4.78 is 0. The lowest BCUT2D eigenvalue weighted by atomic mass is 9.93. The van der Waals surface area contributed by atoms with E-state index in [2.05, 4.69) is 55.9 Å². The van der Waals surface area contributed by atoms with Gasteiger partial charge in [0.15, 0.2) is 0 Å². The summed E-state index contributed by atoms with van der Waals surface area (Å²) in [4.78, 5) is 6.30. The molecule has 2 rings (SSSR count). The largest absolute Gasteiger partial charge is 0.313 e. The lowest BCUT2D eigenvalue weighted by Crippen LogP contribution is -2.33. The SMILES string of the molecule is CCCNC(Cc1cccs1)Cc1nc(C(C)(C)C)cs1. The molecular weight excluding hydrogens is 296 g/mol. The van der Waals surface area contributed by atoms with Crippen LogP contribution in [0.25, 0.3) is 0 Å². The molecule has 1 N–H and O–H groups in total. The van der Waals surface area contributed by atoms with Gasteiger partial charge in [0.2, 0.25) is 0 Å². The number of rotatable bonds is 7. The van der Waals surface area contributed by atoms with Crippen LogP contribution in [-0.2, 0) is 18.3 Å². The highest BCUT2D eigenvalue weighted by atomic mass is 32.1. The quantitative estimate of drug-likeness (QED) is 0.802. The van der Waals surface area contributed by atoms with Gasteiger partial charge in [-0.1, -0.05) is 33.8 Å². The number of nitrogens with one attached hydrogen (secondary N) is 1. The van der Waals surface area contributed by atoms with Crippen molar-refractivity contribution in [1.29, 1.82) is 0 Å². The molecular formula is C17H26N2S2. The standard InChI is InChI=1S/C17H26N2S2/c1-5-8-18-13(10-14-7-6-9-20-14)11-16-19-15(12-21-16)17(2,3)4/h6-7,9,12-13,18H,5,8,10-11H2,1-4H3. The Hall–Kier alpha value is -0.710. The number of aromatic nitrogens is 1. The van der Waals surface area contributed by atoms with Crippen molar-refractivity contribution in [3.63, 3.8) is 0 Å². The molecule has 0 saturated heterocycles. The van der Waals surface area contributed by atoms with E-state index in [1.165, 1.54) is 22.0 Å². The molecule has 116 valence electrons. The molecule has 1 unspecified atom stereocenters. The summed E-state index contributed by atoms with van der Waals surface area (Å²) >= 11 is 3.65. The number of nitrogens with zero attached hydrogens (tertiary/aromatic N) is 1. The zero-order chi connectivity index (χ0) is 15.3. The lowest BCUT2D eigenvalue weighted by Gasteiger charge is -2.17. The van der Waals surface area contributed by atoms with Gasteiger partial charge in [-0.25, -0.2) is 4.98 Å². The third kappa shape index (κ3) is 5.20. The van der Waals surface area contributed by atoms with E-state index in [4.69, 9.17) is 4.98 Å². The van der Waals surface area contributed by atoms with Gasteiger partial charge in [-0.05, 0) is 30.8 Å². The van der Waals surface area contributed by atoms with Crippen molar-refractivity contribution in [2.24, 2.45) is 0 Å². The molecule has 0 fully saturated rings. The maximum absolute atomic E-state index is 4.84. The minimum absolute atomic E-state index is 0.148. The normalized spacial score (nSPS) is 13.5. The molecule has 1 atom stereocenters. The molecule has 0 radical (unpaired) electrons. The molecule has 2 nitrogen and oxygen atoms in total. The first-order valence-electron chi connectivity index (χ1n) is 7.69. The van der Waals surface area contributed by atoms with Crippen LogP contribution >= 0.6 is 22.7 Å². The summed E-state index contributed by atoms with van der Waals surface area (Å²) in [5.41, 5.74) is 1.36. The first kappa shape index (κ1) is 16.7. The van der Waals surface area contributed by atoms with Crippen LogP contribution in [0, 0.1) is 0 Å². The Morgan fingerprint density at radius 2 is 2.05 bits per heavy atom. The van der Waals surface area contributed by atoms with Crippen LogP contribution in [0.4, 0.5) is 0 Å². The Balaban J connectivity index is 2.02. The van der Waals surface area contributed by atoms with E-state index in [1.807, 2.05) is 11.3 Å². The summed E-state index contributed by atoms with van der Waals surface area (Å²) in [7, 11) is 0. The van der Waals surface area contributed by atoms with E-state index >= 15 is 0 Å². The van der Waals surface area contributed by atoms with Crippen molar-refractivity contribution in [1.82, 2.24) is 10.3 Å². The number of thiophene rings is 1. The molecule has 2 aromatic rings. The highest BCUT2D eigenvalue weighted by molar-refractivity contribution is 7.10. The molecule has 2 heterocycles. The van der Waals surface area contributed by atoms with Gasteiger partial charge in [0, 0.05) is 28.1 Å². The summed E-state index contributed by atoms with van der Waals surface area (Å²) in [5, 5.41) is 9.31. The second-order valence-electron chi connectivity index (χ2n) is 6.52. The Labute approximate surface area is 136 Å². The first-order valence-corrected chi connectivity index (χ1v) is 9.45.